The first-order chi connectivity index (χ1) is 28.5. The molecule has 0 radical (unpaired) electrons. The lowest BCUT2D eigenvalue weighted by atomic mass is 9.94. The Labute approximate surface area is 352 Å². The van der Waals surface area contributed by atoms with Crippen LogP contribution in [0.15, 0.2) is 29.3 Å². The Bertz CT molecular complexity index is 1960. The quantitative estimate of drug-likeness (QED) is 0.154. The summed E-state index contributed by atoms with van der Waals surface area (Å²) in [5, 5.41) is 31.5. The molecule has 1 aromatic heterocycles. The molecule has 20 heteroatoms. The highest BCUT2D eigenvalue weighted by Gasteiger charge is 2.43. The van der Waals surface area contributed by atoms with E-state index >= 15 is 0 Å². The number of rotatable bonds is 6. The Morgan fingerprint density at radius 1 is 0.900 bits per heavy atom. The molecule has 10 atom stereocenters. The van der Waals surface area contributed by atoms with Crippen LogP contribution in [-0.4, -0.2) is 137 Å². The SMILES string of the molecule is CC[C@H](C)[C@@H]1NC(=O)CNC(=O)C2Cc3c([nH]c4ccccc34)SCC(CN[C@@H](CC(N)=O)C(=O)N3C[C@H](C)C[C@H]3C(=O)N[C@@H]([C@@H](C)[C@H](C)O)C(=O)N2)NC(=O)CNC1=O. The fourth-order valence-electron chi connectivity index (χ4n) is 7.72. The van der Waals surface area contributed by atoms with E-state index in [-0.39, 0.29) is 43.5 Å². The van der Waals surface area contributed by atoms with Crippen LogP contribution in [0.3, 0.4) is 0 Å². The minimum atomic E-state index is -1.39. The van der Waals surface area contributed by atoms with E-state index in [1.54, 1.807) is 13.8 Å². The standard InChI is InChI=1S/C40H58N10O9S/c1-6-20(3)33-37(57)44-15-31(53)45-23-14-42-28(13-30(41)52)40(59)50-17-19(2)11-29(50)36(56)49-34(21(4)22(5)51)38(58)46-27(35(55)43-16-32(54)48-33)12-25-24-9-7-8-10-26(24)47-39(25)60-18-23/h7-10,19-23,27-29,33-34,42,47,51H,6,11-18H2,1-5H3,(H2,41,52)(H,43,55)(H,44,57)(H,45,53)(H,46,58)(H,48,54)(H,49,56)/t19-,20+,21+,22+,23?,27?,28+,29+,33+,34+/m1/s1. The summed E-state index contributed by atoms with van der Waals surface area (Å²) in [6.45, 7) is 7.58. The van der Waals surface area contributed by atoms with Crippen molar-refractivity contribution in [1.82, 2.24) is 47.1 Å². The van der Waals surface area contributed by atoms with Crippen molar-refractivity contribution in [3.8, 4) is 0 Å². The van der Waals surface area contributed by atoms with Crippen molar-refractivity contribution >= 4 is 69.9 Å². The lowest BCUT2D eigenvalue weighted by Gasteiger charge is -2.32. The number of carbonyl (C=O) groups is 8. The van der Waals surface area contributed by atoms with Crippen LogP contribution >= 0.6 is 11.8 Å². The zero-order valence-corrected chi connectivity index (χ0v) is 35.4. The van der Waals surface area contributed by atoms with E-state index in [4.69, 9.17) is 5.73 Å². The van der Waals surface area contributed by atoms with Crippen molar-refractivity contribution in [3.05, 3.63) is 29.8 Å². The largest absolute Gasteiger partial charge is 0.393 e. The van der Waals surface area contributed by atoms with E-state index in [1.807, 2.05) is 38.1 Å². The third-order valence-corrected chi connectivity index (χ3v) is 12.8. The number of thioether (sulfide) groups is 1. The molecule has 1 fully saturated rings. The molecule has 4 heterocycles. The van der Waals surface area contributed by atoms with Gasteiger partial charge in [-0.25, -0.2) is 0 Å². The smallest absolute Gasteiger partial charge is 0.243 e. The number of aromatic nitrogens is 1. The molecule has 19 nitrogen and oxygen atoms in total. The third kappa shape index (κ3) is 11.3. The van der Waals surface area contributed by atoms with Gasteiger partial charge in [0.1, 0.15) is 24.2 Å². The average Bonchev–Trinajstić information content (AvgIpc) is 3.78. The van der Waals surface area contributed by atoms with Gasteiger partial charge < -0.3 is 57.9 Å². The molecule has 2 bridgehead atoms. The predicted molar refractivity (Wildman–Crippen MR) is 222 cm³/mol. The maximum Gasteiger partial charge on any atom is 0.243 e. The molecule has 1 saturated heterocycles. The topological polar surface area (TPSA) is 286 Å². The van der Waals surface area contributed by atoms with Crippen LogP contribution < -0.4 is 43.0 Å². The summed E-state index contributed by atoms with van der Waals surface area (Å²) in [5.41, 5.74) is 6.97. The number of aromatic amines is 1. The first-order valence-electron chi connectivity index (χ1n) is 20.4. The Morgan fingerprint density at radius 2 is 1.58 bits per heavy atom. The number of aliphatic hydroxyl groups is 1. The summed E-state index contributed by atoms with van der Waals surface area (Å²) in [7, 11) is 0. The number of nitrogens with two attached hydrogens (primary N) is 1. The number of nitrogens with zero attached hydrogens (tertiary/aromatic N) is 1. The van der Waals surface area contributed by atoms with Gasteiger partial charge in [0.15, 0.2) is 0 Å². The number of amides is 8. The lowest BCUT2D eigenvalue weighted by molar-refractivity contribution is -0.142. The second kappa shape index (κ2) is 20.4. The van der Waals surface area contributed by atoms with E-state index in [2.05, 4.69) is 42.2 Å². The van der Waals surface area contributed by atoms with Crippen LogP contribution in [0.25, 0.3) is 10.9 Å². The van der Waals surface area contributed by atoms with Gasteiger partial charge in [-0.15, -0.1) is 11.8 Å². The molecule has 2 aromatic rings. The first-order valence-corrected chi connectivity index (χ1v) is 21.4. The molecular weight excluding hydrogens is 797 g/mol. The molecule has 11 N–H and O–H groups in total. The summed E-state index contributed by atoms with van der Waals surface area (Å²) < 4.78 is 0. The highest BCUT2D eigenvalue weighted by Crippen LogP contribution is 2.32. The van der Waals surface area contributed by atoms with Gasteiger partial charge in [0.2, 0.25) is 47.3 Å². The van der Waals surface area contributed by atoms with Crippen LogP contribution in [0, 0.1) is 17.8 Å². The molecule has 1 aromatic carbocycles. The number of H-pyrrole nitrogens is 1. The fraction of sp³-hybridized carbons (Fsp3) is 0.600. The Balaban J connectivity index is 1.65. The van der Waals surface area contributed by atoms with Gasteiger partial charge in [-0.2, -0.15) is 0 Å². The third-order valence-electron chi connectivity index (χ3n) is 11.5. The number of aliphatic hydroxyl groups excluding tert-OH is 1. The lowest BCUT2D eigenvalue weighted by Crippen LogP contribution is -2.61. The summed E-state index contributed by atoms with van der Waals surface area (Å²) in [4.78, 5) is 114. The van der Waals surface area contributed by atoms with Crippen molar-refractivity contribution in [3.63, 3.8) is 0 Å². The molecular formula is C40H58N10O9S. The molecule has 0 aliphatic carbocycles. The van der Waals surface area contributed by atoms with E-state index in [0.29, 0.717) is 22.5 Å². The maximum atomic E-state index is 14.4. The van der Waals surface area contributed by atoms with Gasteiger partial charge in [0.25, 0.3) is 0 Å². The zero-order chi connectivity index (χ0) is 43.8. The number of hydrogen-bond acceptors (Lipinski definition) is 11. The van der Waals surface area contributed by atoms with Crippen LogP contribution in [-0.2, 0) is 44.8 Å². The van der Waals surface area contributed by atoms with Gasteiger partial charge in [0, 0.05) is 42.1 Å². The normalized spacial score (nSPS) is 28.5. The van der Waals surface area contributed by atoms with E-state index in [0.717, 1.165) is 5.39 Å². The van der Waals surface area contributed by atoms with Crippen LogP contribution in [0.5, 0.6) is 0 Å². The van der Waals surface area contributed by atoms with Crippen LogP contribution in [0.4, 0.5) is 0 Å². The highest BCUT2D eigenvalue weighted by atomic mass is 32.2. The number of fused-ring (bicyclic) bond motifs is 5. The maximum absolute atomic E-state index is 14.4. The number of nitrogens with one attached hydrogen (secondary N) is 8. The van der Waals surface area contributed by atoms with Crippen LogP contribution in [0.1, 0.15) is 59.4 Å². The summed E-state index contributed by atoms with van der Waals surface area (Å²) >= 11 is 1.30. The first kappa shape index (κ1) is 45.9. The molecule has 5 rings (SSSR count). The molecule has 8 amide bonds. The number of hydrogen-bond donors (Lipinski definition) is 10. The van der Waals surface area contributed by atoms with Gasteiger partial charge >= 0.3 is 0 Å². The zero-order valence-electron chi connectivity index (χ0n) is 34.6. The van der Waals surface area contributed by atoms with Gasteiger partial charge in [0.05, 0.1) is 42.7 Å². The van der Waals surface area contributed by atoms with Gasteiger partial charge in [-0.05, 0) is 36.8 Å². The second-order valence-corrected chi connectivity index (χ2v) is 17.3. The minimum Gasteiger partial charge on any atom is -0.393 e. The average molecular weight is 855 g/mol. The summed E-state index contributed by atoms with van der Waals surface area (Å²) in [5.74, 6) is -6.66. The molecule has 328 valence electrons. The molecule has 2 unspecified atom stereocenters. The summed E-state index contributed by atoms with van der Waals surface area (Å²) in [6.07, 6.45) is -0.899. The van der Waals surface area contributed by atoms with Crippen molar-refractivity contribution in [2.45, 2.75) is 108 Å². The van der Waals surface area contributed by atoms with E-state index < -0.39 is 115 Å². The monoisotopic (exact) mass is 854 g/mol. The molecule has 60 heavy (non-hydrogen) atoms. The number of para-hydroxylation sites is 1. The van der Waals surface area contributed by atoms with E-state index in [1.165, 1.54) is 23.6 Å². The highest BCUT2D eigenvalue weighted by molar-refractivity contribution is 7.99. The Hall–Kier alpha value is -5.21. The Kier molecular flexibility index (Phi) is 15.6. The fourth-order valence-corrected chi connectivity index (χ4v) is 8.84. The molecule has 3 aliphatic heterocycles. The number of carbonyl (C=O) groups excluding carboxylic acids is 8. The van der Waals surface area contributed by atoms with Gasteiger partial charge in [-0.3, -0.25) is 38.4 Å². The van der Waals surface area contributed by atoms with Crippen molar-refractivity contribution < 1.29 is 43.5 Å². The minimum absolute atomic E-state index is 0.0488. The Morgan fingerprint density at radius 3 is 2.27 bits per heavy atom. The number of primary amides is 1. The molecule has 0 spiro atoms. The molecule has 0 saturated carbocycles. The van der Waals surface area contributed by atoms with Crippen LogP contribution in [0.2, 0.25) is 0 Å². The van der Waals surface area contributed by atoms with Crippen molar-refractivity contribution in [2.24, 2.45) is 23.5 Å². The summed E-state index contributed by atoms with van der Waals surface area (Å²) in [6, 6.07) is 0.560. The van der Waals surface area contributed by atoms with Crippen molar-refractivity contribution in [2.75, 3.05) is 31.9 Å². The van der Waals surface area contributed by atoms with Gasteiger partial charge in [-0.1, -0.05) is 52.3 Å². The molecule has 3 aliphatic rings. The number of benzene rings is 1. The second-order valence-electron chi connectivity index (χ2n) is 16.2. The van der Waals surface area contributed by atoms with Crippen molar-refractivity contribution in [1.29, 1.82) is 0 Å². The predicted octanol–water partition coefficient (Wildman–Crippen LogP) is -1.87. The van der Waals surface area contributed by atoms with E-state index in [9.17, 15) is 43.5 Å².